The molecule has 2 fully saturated rings. The fourth-order valence-electron chi connectivity index (χ4n) is 3.22. The Balaban J connectivity index is 1.85. The lowest BCUT2D eigenvalue weighted by atomic mass is 9.81. The summed E-state index contributed by atoms with van der Waals surface area (Å²) in [6.45, 7) is 8.06. The van der Waals surface area contributed by atoms with E-state index in [-0.39, 0.29) is 6.42 Å². The molecule has 1 aromatic rings. The third-order valence-corrected chi connectivity index (χ3v) is 6.50. The lowest BCUT2D eigenvalue weighted by molar-refractivity contribution is -0.139. The van der Waals surface area contributed by atoms with E-state index in [9.17, 15) is 9.90 Å². The van der Waals surface area contributed by atoms with Crippen LogP contribution in [0.25, 0.3) is 0 Å². The summed E-state index contributed by atoms with van der Waals surface area (Å²) in [5.41, 5.74) is -0.407. The Hall–Kier alpha value is -0.985. The zero-order valence-electron chi connectivity index (χ0n) is 14.7. The first-order valence-corrected chi connectivity index (χ1v) is 9.51. The maximum absolute atomic E-state index is 11.4. The van der Waals surface area contributed by atoms with Crippen molar-refractivity contribution in [3.8, 4) is 0 Å². The van der Waals surface area contributed by atoms with Gasteiger partial charge in [-0.1, -0.05) is 0 Å². The van der Waals surface area contributed by atoms with Crippen molar-refractivity contribution in [1.29, 1.82) is 0 Å². The van der Waals surface area contributed by atoms with Crippen molar-refractivity contribution in [1.82, 2.24) is 9.78 Å². The highest BCUT2D eigenvalue weighted by Gasteiger charge is 2.52. The number of carboxylic acid groups (broad SMARTS) is 1. The second kappa shape index (κ2) is 6.07. The molecule has 0 aromatic carbocycles. The fourth-order valence-corrected chi connectivity index (χ4v) is 4.47. The molecule has 0 atom stereocenters. The quantitative estimate of drug-likeness (QED) is 0.834. The second-order valence-corrected chi connectivity index (χ2v) is 8.94. The minimum Gasteiger partial charge on any atom is -0.481 e. The van der Waals surface area contributed by atoms with Gasteiger partial charge < -0.3 is 14.4 Å². The SMILES string of the molecule is CC1(C)OB(c2cnn(C3(CC(=O)O)CCSCC3)c2)OC1(C)C. The molecule has 0 spiro atoms. The number of carboxylic acids is 1. The van der Waals surface area contributed by atoms with Crippen LogP contribution in [0.1, 0.15) is 47.0 Å². The number of hydrogen-bond acceptors (Lipinski definition) is 5. The average molecular weight is 352 g/mol. The van der Waals surface area contributed by atoms with E-state index in [2.05, 4.69) is 5.10 Å². The monoisotopic (exact) mass is 352 g/mol. The normalized spacial score (nSPS) is 24.9. The largest absolute Gasteiger partial charge is 0.498 e. The van der Waals surface area contributed by atoms with Crippen molar-refractivity contribution >= 4 is 30.3 Å². The Bertz CT molecular complexity index is 609. The zero-order valence-corrected chi connectivity index (χ0v) is 15.6. The fraction of sp³-hybridized carbons (Fsp3) is 0.750. The number of rotatable bonds is 4. The van der Waals surface area contributed by atoms with Crippen molar-refractivity contribution in [2.75, 3.05) is 11.5 Å². The van der Waals surface area contributed by atoms with E-state index in [0.717, 1.165) is 29.8 Å². The highest BCUT2D eigenvalue weighted by atomic mass is 32.2. The van der Waals surface area contributed by atoms with Crippen LogP contribution in [0.15, 0.2) is 12.4 Å². The molecule has 8 heteroatoms. The molecule has 0 saturated carbocycles. The van der Waals surface area contributed by atoms with Crippen molar-refractivity contribution in [3.63, 3.8) is 0 Å². The van der Waals surface area contributed by atoms with E-state index < -0.39 is 29.8 Å². The number of thioether (sulfide) groups is 1. The first kappa shape index (κ1) is 17.8. The highest BCUT2D eigenvalue weighted by molar-refractivity contribution is 7.99. The second-order valence-electron chi connectivity index (χ2n) is 7.71. The van der Waals surface area contributed by atoms with E-state index >= 15 is 0 Å². The minimum absolute atomic E-state index is 0.0953. The standard InChI is InChI=1S/C16H25BN2O4S/c1-14(2)15(3,4)23-17(22-14)12-10-18-19(11-12)16(9-13(20)21)5-7-24-8-6-16/h10-11H,5-9H2,1-4H3,(H,20,21). The Morgan fingerprint density at radius 2 is 1.88 bits per heavy atom. The molecule has 132 valence electrons. The summed E-state index contributed by atoms with van der Waals surface area (Å²) in [5.74, 6) is 1.13. The van der Waals surface area contributed by atoms with Gasteiger partial charge in [0.15, 0.2) is 0 Å². The number of nitrogens with zero attached hydrogens (tertiary/aromatic N) is 2. The van der Waals surface area contributed by atoms with E-state index in [0.29, 0.717) is 0 Å². The lowest BCUT2D eigenvalue weighted by Gasteiger charge is -2.36. The Labute approximate surface area is 147 Å². The molecular formula is C16H25BN2O4S. The van der Waals surface area contributed by atoms with Crippen LogP contribution in [-0.2, 0) is 19.6 Å². The maximum Gasteiger partial charge on any atom is 0.498 e. The van der Waals surface area contributed by atoms with Crippen LogP contribution in [0.2, 0.25) is 0 Å². The molecule has 1 N–H and O–H groups in total. The van der Waals surface area contributed by atoms with Gasteiger partial charge >= 0.3 is 13.1 Å². The van der Waals surface area contributed by atoms with Crippen LogP contribution in [0.4, 0.5) is 0 Å². The number of aliphatic carboxylic acids is 1. The van der Waals surface area contributed by atoms with Crippen LogP contribution in [-0.4, -0.2) is 50.7 Å². The molecule has 0 amide bonds. The number of carbonyl (C=O) groups is 1. The van der Waals surface area contributed by atoms with E-state index in [1.807, 2.05) is 50.3 Å². The van der Waals surface area contributed by atoms with Crippen LogP contribution >= 0.6 is 11.8 Å². The summed E-state index contributed by atoms with van der Waals surface area (Å²) in [7, 11) is -0.469. The van der Waals surface area contributed by atoms with Gasteiger partial charge in [0, 0.05) is 17.9 Å². The van der Waals surface area contributed by atoms with Crippen LogP contribution in [0, 0.1) is 0 Å². The maximum atomic E-state index is 11.4. The summed E-state index contributed by atoms with van der Waals surface area (Å²) in [6, 6.07) is 0. The van der Waals surface area contributed by atoms with Crippen LogP contribution in [0.3, 0.4) is 0 Å². The molecule has 0 unspecified atom stereocenters. The molecule has 0 bridgehead atoms. The predicted molar refractivity (Wildman–Crippen MR) is 94.7 cm³/mol. The summed E-state index contributed by atoms with van der Waals surface area (Å²) >= 11 is 1.87. The molecule has 24 heavy (non-hydrogen) atoms. The molecule has 1 aromatic heterocycles. The first-order valence-electron chi connectivity index (χ1n) is 8.35. The van der Waals surface area contributed by atoms with Crippen molar-refractivity contribution in [2.45, 2.75) is 63.7 Å². The van der Waals surface area contributed by atoms with Crippen molar-refractivity contribution < 1.29 is 19.2 Å². The molecule has 6 nitrogen and oxygen atoms in total. The van der Waals surface area contributed by atoms with Gasteiger partial charge in [0.05, 0.1) is 23.2 Å². The van der Waals surface area contributed by atoms with E-state index in [1.165, 1.54) is 0 Å². The van der Waals surface area contributed by atoms with Gasteiger partial charge in [0.1, 0.15) is 0 Å². The van der Waals surface area contributed by atoms with Gasteiger partial charge in [-0.2, -0.15) is 16.9 Å². The zero-order chi connectivity index (χ0) is 17.6. The molecule has 3 heterocycles. The van der Waals surface area contributed by atoms with Gasteiger partial charge in [-0.3, -0.25) is 9.48 Å². The van der Waals surface area contributed by atoms with Gasteiger partial charge in [0.25, 0.3) is 0 Å². The lowest BCUT2D eigenvalue weighted by Crippen LogP contribution is -2.41. The summed E-state index contributed by atoms with van der Waals surface area (Å²) in [5, 5.41) is 13.8. The van der Waals surface area contributed by atoms with Gasteiger partial charge in [-0.15, -0.1) is 0 Å². The van der Waals surface area contributed by atoms with E-state index in [1.54, 1.807) is 6.20 Å². The molecular weight excluding hydrogens is 327 g/mol. The van der Waals surface area contributed by atoms with Gasteiger partial charge in [-0.05, 0) is 52.0 Å². The summed E-state index contributed by atoms with van der Waals surface area (Å²) in [6.07, 6.45) is 5.37. The molecule has 3 rings (SSSR count). The number of aromatic nitrogens is 2. The molecule has 0 aliphatic carbocycles. The average Bonchev–Trinajstić information content (AvgIpc) is 3.03. The topological polar surface area (TPSA) is 73.6 Å². The van der Waals surface area contributed by atoms with Gasteiger partial charge in [0.2, 0.25) is 0 Å². The van der Waals surface area contributed by atoms with Crippen molar-refractivity contribution in [2.24, 2.45) is 0 Å². The van der Waals surface area contributed by atoms with Crippen LogP contribution < -0.4 is 5.46 Å². The summed E-state index contributed by atoms with van der Waals surface area (Å²) < 4.78 is 14.0. The first-order chi connectivity index (χ1) is 11.2. The van der Waals surface area contributed by atoms with E-state index in [4.69, 9.17) is 9.31 Å². The molecule has 2 aliphatic heterocycles. The Kier molecular flexibility index (Phi) is 4.51. The molecule has 0 radical (unpaired) electrons. The third-order valence-electron chi connectivity index (χ3n) is 5.52. The van der Waals surface area contributed by atoms with Crippen LogP contribution in [0.5, 0.6) is 0 Å². The van der Waals surface area contributed by atoms with Crippen molar-refractivity contribution in [3.05, 3.63) is 12.4 Å². The third kappa shape index (κ3) is 3.11. The summed E-state index contributed by atoms with van der Waals surface area (Å²) in [4.78, 5) is 11.4. The minimum atomic E-state index is -0.783. The van der Waals surface area contributed by atoms with Gasteiger partial charge in [-0.25, -0.2) is 0 Å². The Morgan fingerprint density at radius 1 is 1.29 bits per heavy atom. The Morgan fingerprint density at radius 3 is 2.42 bits per heavy atom. The molecule has 2 aliphatic rings. The number of hydrogen-bond donors (Lipinski definition) is 1. The smallest absolute Gasteiger partial charge is 0.481 e. The predicted octanol–water partition coefficient (Wildman–Crippen LogP) is 1.88. The highest BCUT2D eigenvalue weighted by Crippen LogP contribution is 2.38. The molecule has 2 saturated heterocycles.